The van der Waals surface area contributed by atoms with Gasteiger partial charge in [0.1, 0.15) is 5.82 Å². The van der Waals surface area contributed by atoms with Crippen molar-refractivity contribution in [3.8, 4) is 0 Å². The minimum Gasteiger partial charge on any atom is -0.384 e. The summed E-state index contributed by atoms with van der Waals surface area (Å²) >= 11 is 0. The quantitative estimate of drug-likeness (QED) is 0.767. The number of hydrogen-bond donors (Lipinski definition) is 1. The van der Waals surface area contributed by atoms with E-state index in [4.69, 9.17) is 10.5 Å². The second-order valence-electron chi connectivity index (χ2n) is 4.40. The molecule has 1 aliphatic rings. The van der Waals surface area contributed by atoms with Crippen molar-refractivity contribution in [2.75, 3.05) is 23.7 Å². The van der Waals surface area contributed by atoms with Gasteiger partial charge in [0.05, 0.1) is 12.2 Å². The Bertz CT molecular complexity index is 352. The first kappa shape index (κ1) is 11.1. The van der Waals surface area contributed by atoms with Gasteiger partial charge in [-0.05, 0) is 20.8 Å². The van der Waals surface area contributed by atoms with Gasteiger partial charge in [-0.2, -0.15) is 4.98 Å². The van der Waals surface area contributed by atoms with E-state index < -0.39 is 0 Å². The summed E-state index contributed by atoms with van der Waals surface area (Å²) in [6, 6.07) is 1.77. The Balaban J connectivity index is 2.22. The molecule has 1 aromatic heterocycles. The summed E-state index contributed by atoms with van der Waals surface area (Å²) in [5.41, 5.74) is 6.62. The topological polar surface area (TPSA) is 64.3 Å². The molecule has 2 unspecified atom stereocenters. The fourth-order valence-electron chi connectivity index (χ4n) is 2.06. The number of morpholine rings is 1. The lowest BCUT2D eigenvalue weighted by Crippen LogP contribution is -2.46. The molecule has 2 heterocycles. The van der Waals surface area contributed by atoms with E-state index in [1.165, 1.54) is 0 Å². The van der Waals surface area contributed by atoms with Gasteiger partial charge >= 0.3 is 0 Å². The molecule has 0 saturated carbocycles. The van der Waals surface area contributed by atoms with Gasteiger partial charge in [-0.25, -0.2) is 4.98 Å². The molecular weight excluding hydrogens is 204 g/mol. The largest absolute Gasteiger partial charge is 0.384 e. The molecule has 5 nitrogen and oxygen atoms in total. The molecule has 2 rings (SSSR count). The summed E-state index contributed by atoms with van der Waals surface area (Å²) in [5.74, 6) is 1.23. The molecule has 2 atom stereocenters. The molecule has 16 heavy (non-hydrogen) atoms. The van der Waals surface area contributed by atoms with Crippen LogP contribution < -0.4 is 10.6 Å². The highest BCUT2D eigenvalue weighted by Crippen LogP contribution is 2.17. The van der Waals surface area contributed by atoms with Crippen molar-refractivity contribution < 1.29 is 4.74 Å². The molecule has 0 spiro atoms. The van der Waals surface area contributed by atoms with Crippen LogP contribution in [0, 0.1) is 6.92 Å². The van der Waals surface area contributed by atoms with E-state index in [1.807, 2.05) is 6.92 Å². The summed E-state index contributed by atoms with van der Waals surface area (Å²) in [6.07, 6.45) is 0.406. The Labute approximate surface area is 95.6 Å². The minimum absolute atomic E-state index is 0.203. The summed E-state index contributed by atoms with van der Waals surface area (Å²) in [6.45, 7) is 7.67. The molecule has 1 aliphatic heterocycles. The first-order valence-corrected chi connectivity index (χ1v) is 5.56. The maximum Gasteiger partial charge on any atom is 0.227 e. The number of nitrogen functional groups attached to an aromatic ring is 1. The van der Waals surface area contributed by atoms with Crippen molar-refractivity contribution in [2.45, 2.75) is 33.0 Å². The van der Waals surface area contributed by atoms with Crippen LogP contribution in [0.5, 0.6) is 0 Å². The fraction of sp³-hybridized carbons (Fsp3) is 0.636. The number of nitrogens with zero attached hydrogens (tertiary/aromatic N) is 3. The molecular formula is C11H18N4O. The number of aromatic nitrogens is 2. The maximum atomic E-state index is 5.73. The van der Waals surface area contributed by atoms with Crippen LogP contribution in [0.25, 0.3) is 0 Å². The van der Waals surface area contributed by atoms with Crippen molar-refractivity contribution in [3.05, 3.63) is 11.8 Å². The smallest absolute Gasteiger partial charge is 0.227 e. The molecule has 0 aromatic carbocycles. The summed E-state index contributed by atoms with van der Waals surface area (Å²) in [5, 5.41) is 0. The van der Waals surface area contributed by atoms with Gasteiger partial charge in [0.2, 0.25) is 5.95 Å². The van der Waals surface area contributed by atoms with Gasteiger partial charge in [0.15, 0.2) is 0 Å². The van der Waals surface area contributed by atoms with Gasteiger partial charge in [0.25, 0.3) is 0 Å². The highest BCUT2D eigenvalue weighted by Gasteiger charge is 2.24. The molecule has 1 aromatic rings. The average Bonchev–Trinajstić information content (AvgIpc) is 2.14. The van der Waals surface area contributed by atoms with Gasteiger partial charge in [0, 0.05) is 24.8 Å². The predicted octanol–water partition coefficient (Wildman–Crippen LogP) is 0.981. The van der Waals surface area contributed by atoms with E-state index in [1.54, 1.807) is 6.07 Å². The zero-order valence-electron chi connectivity index (χ0n) is 9.97. The first-order valence-electron chi connectivity index (χ1n) is 5.56. The Kier molecular flexibility index (Phi) is 2.96. The van der Waals surface area contributed by atoms with E-state index in [0.29, 0.717) is 11.8 Å². The zero-order chi connectivity index (χ0) is 11.7. The Morgan fingerprint density at radius 3 is 2.50 bits per heavy atom. The van der Waals surface area contributed by atoms with Crippen LogP contribution in [0.15, 0.2) is 6.07 Å². The fourth-order valence-corrected chi connectivity index (χ4v) is 2.06. The van der Waals surface area contributed by atoms with Crippen molar-refractivity contribution in [1.29, 1.82) is 0 Å². The predicted molar refractivity (Wildman–Crippen MR) is 63.4 cm³/mol. The number of ether oxygens (including phenoxy) is 1. The number of hydrogen-bond acceptors (Lipinski definition) is 5. The highest BCUT2D eigenvalue weighted by molar-refractivity contribution is 5.40. The van der Waals surface area contributed by atoms with E-state index in [0.717, 1.165) is 18.8 Å². The summed E-state index contributed by atoms with van der Waals surface area (Å²) < 4.78 is 5.67. The lowest BCUT2D eigenvalue weighted by molar-refractivity contribution is -0.00572. The molecule has 5 heteroatoms. The van der Waals surface area contributed by atoms with Gasteiger partial charge < -0.3 is 15.4 Å². The van der Waals surface area contributed by atoms with Gasteiger partial charge in [-0.1, -0.05) is 0 Å². The van der Waals surface area contributed by atoms with E-state index in [2.05, 4.69) is 28.7 Å². The molecule has 1 saturated heterocycles. The van der Waals surface area contributed by atoms with Crippen LogP contribution in [0.2, 0.25) is 0 Å². The van der Waals surface area contributed by atoms with E-state index >= 15 is 0 Å². The normalized spacial score (nSPS) is 25.8. The van der Waals surface area contributed by atoms with E-state index in [9.17, 15) is 0 Å². The van der Waals surface area contributed by atoms with Crippen molar-refractivity contribution in [1.82, 2.24) is 9.97 Å². The Morgan fingerprint density at radius 2 is 1.94 bits per heavy atom. The molecule has 1 fully saturated rings. The maximum absolute atomic E-state index is 5.73. The van der Waals surface area contributed by atoms with Crippen molar-refractivity contribution >= 4 is 11.8 Å². The van der Waals surface area contributed by atoms with Gasteiger partial charge in [-0.3, -0.25) is 0 Å². The van der Waals surface area contributed by atoms with Crippen LogP contribution in [-0.4, -0.2) is 35.3 Å². The van der Waals surface area contributed by atoms with Crippen molar-refractivity contribution in [2.24, 2.45) is 0 Å². The molecule has 2 N–H and O–H groups in total. The second-order valence-corrected chi connectivity index (χ2v) is 4.40. The third-order valence-electron chi connectivity index (χ3n) is 2.56. The van der Waals surface area contributed by atoms with Crippen LogP contribution in [0.4, 0.5) is 11.8 Å². The monoisotopic (exact) mass is 222 g/mol. The SMILES string of the molecule is Cc1cc(N)nc(N2CC(C)OC(C)C2)n1. The van der Waals surface area contributed by atoms with Crippen molar-refractivity contribution in [3.63, 3.8) is 0 Å². The second kappa shape index (κ2) is 4.25. The lowest BCUT2D eigenvalue weighted by Gasteiger charge is -2.35. The third kappa shape index (κ3) is 2.41. The van der Waals surface area contributed by atoms with Crippen LogP contribution in [-0.2, 0) is 4.74 Å². The van der Waals surface area contributed by atoms with Crippen LogP contribution in [0.1, 0.15) is 19.5 Å². The number of anilines is 2. The minimum atomic E-state index is 0.203. The molecule has 0 radical (unpaired) electrons. The number of aryl methyl sites for hydroxylation is 1. The Morgan fingerprint density at radius 1 is 1.31 bits per heavy atom. The van der Waals surface area contributed by atoms with Gasteiger partial charge in [-0.15, -0.1) is 0 Å². The number of rotatable bonds is 1. The molecule has 0 amide bonds. The molecule has 0 aliphatic carbocycles. The van der Waals surface area contributed by atoms with E-state index in [-0.39, 0.29) is 12.2 Å². The average molecular weight is 222 g/mol. The number of nitrogens with two attached hydrogens (primary N) is 1. The van der Waals surface area contributed by atoms with Crippen LogP contribution in [0.3, 0.4) is 0 Å². The molecule has 88 valence electrons. The standard InChI is InChI=1S/C11H18N4O/c1-7-4-10(12)14-11(13-7)15-5-8(2)16-9(3)6-15/h4,8-9H,5-6H2,1-3H3,(H2,12,13,14). The lowest BCUT2D eigenvalue weighted by atomic mass is 10.2. The van der Waals surface area contributed by atoms with Crippen LogP contribution >= 0.6 is 0 Å². The molecule has 0 bridgehead atoms. The first-order chi connectivity index (χ1) is 7.54. The Hall–Kier alpha value is -1.36. The highest BCUT2D eigenvalue weighted by atomic mass is 16.5. The summed E-state index contributed by atoms with van der Waals surface area (Å²) in [4.78, 5) is 10.8. The third-order valence-corrected chi connectivity index (χ3v) is 2.56. The zero-order valence-corrected chi connectivity index (χ0v) is 9.97. The summed E-state index contributed by atoms with van der Waals surface area (Å²) in [7, 11) is 0.